The van der Waals surface area contributed by atoms with E-state index in [1.54, 1.807) is 5.57 Å². The number of hydrogen-bond acceptors (Lipinski definition) is 1. The first kappa shape index (κ1) is 12.2. The van der Waals surface area contributed by atoms with Crippen molar-refractivity contribution in [3.8, 4) is 0 Å². The highest BCUT2D eigenvalue weighted by molar-refractivity contribution is 7.81. The Morgan fingerprint density at radius 3 is 2.43 bits per heavy atom. The van der Waals surface area contributed by atoms with E-state index in [4.69, 9.17) is 12.6 Å². The molecule has 0 aromatic carbocycles. The Morgan fingerprint density at radius 2 is 1.86 bits per heavy atom. The molecule has 0 radical (unpaired) electrons. The molecule has 0 heterocycles. The highest BCUT2D eigenvalue weighted by atomic mass is 32.1. The molecule has 1 rings (SSSR count). The molecule has 1 aliphatic carbocycles. The summed E-state index contributed by atoms with van der Waals surface area (Å²) in [6.07, 6.45) is 6.33. The Bertz CT molecular complexity index is 207. The SMILES string of the molecule is CCCCC1=CC(C)C(C)C(C)C1S. The lowest BCUT2D eigenvalue weighted by atomic mass is 9.74. The quantitative estimate of drug-likeness (QED) is 0.522. The number of allylic oxidation sites excluding steroid dienone is 1. The van der Waals surface area contributed by atoms with Gasteiger partial charge in [-0.15, -0.1) is 0 Å². The molecule has 0 amide bonds. The molecule has 0 fully saturated rings. The van der Waals surface area contributed by atoms with E-state index in [-0.39, 0.29) is 0 Å². The normalized spacial score (nSPS) is 38.2. The van der Waals surface area contributed by atoms with E-state index in [1.807, 2.05) is 0 Å². The van der Waals surface area contributed by atoms with Crippen molar-refractivity contribution in [2.75, 3.05) is 0 Å². The summed E-state index contributed by atoms with van der Waals surface area (Å²) in [5.74, 6) is 2.24. The van der Waals surface area contributed by atoms with Crippen LogP contribution in [-0.2, 0) is 0 Å². The highest BCUT2D eigenvalue weighted by Crippen LogP contribution is 2.38. The monoisotopic (exact) mass is 212 g/mol. The molecule has 14 heavy (non-hydrogen) atoms. The zero-order chi connectivity index (χ0) is 10.7. The molecule has 0 saturated heterocycles. The molecular weight excluding hydrogens is 188 g/mol. The molecule has 1 heteroatoms. The molecule has 1 aliphatic rings. The lowest BCUT2D eigenvalue weighted by Crippen LogP contribution is -2.30. The van der Waals surface area contributed by atoms with Gasteiger partial charge in [-0.2, -0.15) is 12.6 Å². The number of rotatable bonds is 3. The molecule has 0 nitrogen and oxygen atoms in total. The van der Waals surface area contributed by atoms with Crippen LogP contribution in [-0.4, -0.2) is 5.25 Å². The maximum absolute atomic E-state index is 4.76. The molecule has 0 aromatic rings. The molecular formula is C13H24S. The van der Waals surface area contributed by atoms with Crippen molar-refractivity contribution in [1.82, 2.24) is 0 Å². The van der Waals surface area contributed by atoms with E-state index in [0.29, 0.717) is 5.25 Å². The van der Waals surface area contributed by atoms with Gasteiger partial charge in [0, 0.05) is 5.25 Å². The molecule has 0 bridgehead atoms. The van der Waals surface area contributed by atoms with Crippen LogP contribution in [0.2, 0.25) is 0 Å². The van der Waals surface area contributed by atoms with Crippen LogP contribution in [0.1, 0.15) is 47.0 Å². The van der Waals surface area contributed by atoms with Gasteiger partial charge in [0.25, 0.3) is 0 Å². The van der Waals surface area contributed by atoms with Gasteiger partial charge < -0.3 is 0 Å². The fourth-order valence-electron chi connectivity index (χ4n) is 2.30. The second-order valence-corrected chi connectivity index (χ2v) is 5.42. The number of hydrogen-bond donors (Lipinski definition) is 1. The summed E-state index contributed by atoms with van der Waals surface area (Å²) in [5.41, 5.74) is 1.59. The minimum absolute atomic E-state index is 0.507. The second kappa shape index (κ2) is 5.25. The first-order chi connectivity index (χ1) is 6.57. The highest BCUT2D eigenvalue weighted by Gasteiger charge is 2.30. The van der Waals surface area contributed by atoms with Crippen LogP contribution in [0.25, 0.3) is 0 Å². The zero-order valence-corrected chi connectivity index (χ0v) is 10.8. The number of unbranched alkanes of at least 4 members (excludes halogenated alkanes) is 1. The third-order valence-corrected chi connectivity index (χ3v) is 4.63. The van der Waals surface area contributed by atoms with Crippen LogP contribution in [0.4, 0.5) is 0 Å². The van der Waals surface area contributed by atoms with Crippen molar-refractivity contribution in [1.29, 1.82) is 0 Å². The van der Waals surface area contributed by atoms with Crippen LogP contribution >= 0.6 is 12.6 Å². The fourth-order valence-corrected chi connectivity index (χ4v) is 2.79. The van der Waals surface area contributed by atoms with Gasteiger partial charge in [0.1, 0.15) is 0 Å². The summed E-state index contributed by atoms with van der Waals surface area (Å²) in [7, 11) is 0. The van der Waals surface area contributed by atoms with Gasteiger partial charge in [-0.25, -0.2) is 0 Å². The summed E-state index contributed by atoms with van der Waals surface area (Å²) in [6, 6.07) is 0. The number of thiol groups is 1. The second-order valence-electron chi connectivity index (χ2n) is 4.87. The fraction of sp³-hybridized carbons (Fsp3) is 0.846. The lowest BCUT2D eigenvalue weighted by molar-refractivity contribution is 0.301. The van der Waals surface area contributed by atoms with Crippen molar-refractivity contribution in [2.24, 2.45) is 17.8 Å². The summed E-state index contributed by atoms with van der Waals surface area (Å²) < 4.78 is 0. The Balaban J connectivity index is 2.68. The molecule has 82 valence electrons. The summed E-state index contributed by atoms with van der Waals surface area (Å²) in [6.45, 7) is 9.29. The Labute approximate surface area is 94.6 Å². The van der Waals surface area contributed by atoms with Crippen molar-refractivity contribution in [3.63, 3.8) is 0 Å². The molecule has 0 saturated carbocycles. The van der Waals surface area contributed by atoms with Gasteiger partial charge in [0.2, 0.25) is 0 Å². The smallest absolute Gasteiger partial charge is 0.0254 e. The average molecular weight is 212 g/mol. The Kier molecular flexibility index (Phi) is 4.56. The molecule has 0 N–H and O–H groups in total. The Morgan fingerprint density at radius 1 is 1.21 bits per heavy atom. The van der Waals surface area contributed by atoms with Gasteiger partial charge >= 0.3 is 0 Å². The van der Waals surface area contributed by atoms with Gasteiger partial charge in [-0.05, 0) is 30.6 Å². The largest absolute Gasteiger partial charge is 0.171 e. The van der Waals surface area contributed by atoms with Crippen molar-refractivity contribution >= 4 is 12.6 Å². The van der Waals surface area contributed by atoms with Gasteiger partial charge in [-0.1, -0.05) is 45.8 Å². The van der Waals surface area contributed by atoms with E-state index < -0.39 is 0 Å². The van der Waals surface area contributed by atoms with Crippen molar-refractivity contribution in [2.45, 2.75) is 52.2 Å². The first-order valence-electron chi connectivity index (χ1n) is 5.96. The predicted molar refractivity (Wildman–Crippen MR) is 67.9 cm³/mol. The third kappa shape index (κ3) is 2.56. The van der Waals surface area contributed by atoms with Crippen molar-refractivity contribution in [3.05, 3.63) is 11.6 Å². The molecule has 4 unspecified atom stereocenters. The molecule has 0 aliphatic heterocycles. The summed E-state index contributed by atoms with van der Waals surface area (Å²) >= 11 is 4.76. The summed E-state index contributed by atoms with van der Waals surface area (Å²) in [4.78, 5) is 0. The molecule has 0 aromatic heterocycles. The minimum atomic E-state index is 0.507. The Hall–Kier alpha value is 0.0900. The van der Waals surface area contributed by atoms with E-state index in [2.05, 4.69) is 33.8 Å². The van der Waals surface area contributed by atoms with Crippen LogP contribution in [0.3, 0.4) is 0 Å². The first-order valence-corrected chi connectivity index (χ1v) is 6.48. The van der Waals surface area contributed by atoms with E-state index in [9.17, 15) is 0 Å². The lowest BCUT2D eigenvalue weighted by Gasteiger charge is -2.36. The van der Waals surface area contributed by atoms with E-state index >= 15 is 0 Å². The molecule has 0 spiro atoms. The third-order valence-electron chi connectivity index (χ3n) is 3.83. The topological polar surface area (TPSA) is 0 Å². The zero-order valence-electron chi connectivity index (χ0n) is 9.96. The van der Waals surface area contributed by atoms with E-state index in [1.165, 1.54) is 19.3 Å². The van der Waals surface area contributed by atoms with Crippen LogP contribution in [0.15, 0.2) is 11.6 Å². The maximum atomic E-state index is 4.76. The minimum Gasteiger partial charge on any atom is -0.171 e. The molecule has 4 atom stereocenters. The maximum Gasteiger partial charge on any atom is 0.0254 e. The van der Waals surface area contributed by atoms with Gasteiger partial charge in [0.15, 0.2) is 0 Å². The van der Waals surface area contributed by atoms with Gasteiger partial charge in [-0.3, -0.25) is 0 Å². The van der Waals surface area contributed by atoms with E-state index in [0.717, 1.165) is 17.8 Å². The van der Waals surface area contributed by atoms with Crippen LogP contribution < -0.4 is 0 Å². The van der Waals surface area contributed by atoms with Crippen LogP contribution in [0, 0.1) is 17.8 Å². The predicted octanol–water partition coefficient (Wildman–Crippen LogP) is 4.32. The summed E-state index contributed by atoms with van der Waals surface area (Å²) in [5, 5.41) is 0.507. The standard InChI is InChI=1S/C13H24S/c1-5-6-7-12-8-9(2)10(3)11(4)13(12)14/h8-11,13-14H,5-7H2,1-4H3. The van der Waals surface area contributed by atoms with Gasteiger partial charge in [0.05, 0.1) is 0 Å². The van der Waals surface area contributed by atoms with Crippen LogP contribution in [0.5, 0.6) is 0 Å². The van der Waals surface area contributed by atoms with Crippen molar-refractivity contribution < 1.29 is 0 Å². The average Bonchev–Trinajstić information content (AvgIpc) is 2.18.